The molecule has 0 N–H and O–H groups in total. The average molecular weight is 335 g/mol. The van der Waals surface area contributed by atoms with E-state index < -0.39 is 10.0 Å². The van der Waals surface area contributed by atoms with E-state index in [-0.39, 0.29) is 4.90 Å². The summed E-state index contributed by atoms with van der Waals surface area (Å²) in [7, 11) is -3.77. The van der Waals surface area contributed by atoms with Crippen molar-refractivity contribution in [1.82, 2.24) is 14.2 Å². The highest BCUT2D eigenvalue weighted by Gasteiger charge is 2.19. The molecule has 118 valence electrons. The molecule has 0 saturated carbocycles. The number of aromatic nitrogens is 3. The second kappa shape index (κ2) is 5.58. The lowest BCUT2D eigenvalue weighted by molar-refractivity contribution is 0.580. The summed E-state index contributed by atoms with van der Waals surface area (Å²) in [5, 5.41) is 5.98. The van der Waals surface area contributed by atoms with E-state index in [4.69, 9.17) is 0 Å². The molecule has 0 saturated heterocycles. The van der Waals surface area contributed by atoms with Gasteiger partial charge in [0.1, 0.15) is 6.33 Å². The van der Waals surface area contributed by atoms with Crippen molar-refractivity contribution in [2.24, 2.45) is 0 Å². The zero-order chi connectivity index (χ0) is 16.6. The van der Waals surface area contributed by atoms with Crippen molar-refractivity contribution in [3.05, 3.63) is 79.1 Å². The van der Waals surface area contributed by atoms with Crippen LogP contribution < -0.4 is 0 Å². The lowest BCUT2D eigenvalue weighted by Crippen LogP contribution is -2.13. The maximum absolute atomic E-state index is 12.8. The quantitative estimate of drug-likeness (QED) is 0.576. The number of rotatable bonds is 3. The summed E-state index contributed by atoms with van der Waals surface area (Å²) in [6.07, 6.45) is 1.23. The zero-order valence-corrected chi connectivity index (χ0v) is 13.4. The molecule has 24 heavy (non-hydrogen) atoms. The first-order valence-electron chi connectivity index (χ1n) is 7.36. The van der Waals surface area contributed by atoms with Crippen molar-refractivity contribution in [2.45, 2.75) is 4.90 Å². The van der Waals surface area contributed by atoms with Crippen molar-refractivity contribution in [3.63, 3.8) is 0 Å². The number of nitrogens with zero attached hydrogens (tertiary/aromatic N) is 3. The number of fused-ring (bicyclic) bond motifs is 1. The van der Waals surface area contributed by atoms with Gasteiger partial charge in [0.25, 0.3) is 10.0 Å². The normalized spacial score (nSPS) is 11.7. The summed E-state index contributed by atoms with van der Waals surface area (Å²) >= 11 is 0. The van der Waals surface area contributed by atoms with E-state index in [2.05, 4.69) is 10.1 Å². The molecular formula is C18H13N3O2S. The lowest BCUT2D eigenvalue weighted by atomic mass is 10.1. The van der Waals surface area contributed by atoms with Crippen LogP contribution in [0.25, 0.3) is 22.2 Å². The molecule has 0 aliphatic carbocycles. The van der Waals surface area contributed by atoms with Crippen LogP contribution in [0, 0.1) is 0 Å². The van der Waals surface area contributed by atoms with Gasteiger partial charge >= 0.3 is 0 Å². The Hall–Kier alpha value is -2.99. The topological polar surface area (TPSA) is 64.8 Å². The summed E-state index contributed by atoms with van der Waals surface area (Å²) < 4.78 is 26.5. The fraction of sp³-hybridized carbons (Fsp3) is 0. The molecule has 0 aliphatic heterocycles. The third-order valence-electron chi connectivity index (χ3n) is 3.77. The van der Waals surface area contributed by atoms with Gasteiger partial charge in [0.2, 0.25) is 0 Å². The van der Waals surface area contributed by atoms with Gasteiger partial charge < -0.3 is 0 Å². The molecule has 1 heterocycles. The van der Waals surface area contributed by atoms with Crippen molar-refractivity contribution in [1.29, 1.82) is 0 Å². The smallest absolute Gasteiger partial charge is 0.214 e. The molecule has 0 unspecified atom stereocenters. The van der Waals surface area contributed by atoms with E-state index in [1.807, 2.05) is 54.6 Å². The Morgan fingerprint density at radius 3 is 2.29 bits per heavy atom. The van der Waals surface area contributed by atoms with Crippen LogP contribution in [0.4, 0.5) is 0 Å². The fourth-order valence-electron chi connectivity index (χ4n) is 2.52. The molecule has 0 fully saturated rings. The average Bonchev–Trinajstić information content (AvgIpc) is 3.13. The van der Waals surface area contributed by atoms with E-state index >= 15 is 0 Å². The predicted molar refractivity (Wildman–Crippen MR) is 92.0 cm³/mol. The molecule has 1 aromatic heterocycles. The van der Waals surface area contributed by atoms with Gasteiger partial charge in [-0.1, -0.05) is 60.7 Å². The maximum atomic E-state index is 12.8. The minimum Gasteiger partial charge on any atom is -0.214 e. The van der Waals surface area contributed by atoms with Crippen LogP contribution >= 0.6 is 0 Å². The van der Waals surface area contributed by atoms with Crippen LogP contribution in [-0.4, -0.2) is 22.6 Å². The molecule has 0 aliphatic rings. The SMILES string of the molecule is O=S(=O)(c1ccc2ccccc2c1)n1cnc(-c2ccccc2)n1. The first-order valence-corrected chi connectivity index (χ1v) is 8.80. The van der Waals surface area contributed by atoms with Crippen LogP contribution in [0.5, 0.6) is 0 Å². The summed E-state index contributed by atoms with van der Waals surface area (Å²) in [6, 6.07) is 21.9. The van der Waals surface area contributed by atoms with E-state index in [0.29, 0.717) is 5.82 Å². The first kappa shape index (κ1) is 14.6. The van der Waals surface area contributed by atoms with Crippen molar-refractivity contribution >= 4 is 20.8 Å². The van der Waals surface area contributed by atoms with Crippen molar-refractivity contribution in [3.8, 4) is 11.4 Å². The lowest BCUT2D eigenvalue weighted by Gasteiger charge is -2.05. The predicted octanol–water partition coefficient (Wildman–Crippen LogP) is 3.34. The Balaban J connectivity index is 1.78. The minimum atomic E-state index is -3.77. The molecule has 0 amide bonds. The second-order valence-electron chi connectivity index (χ2n) is 5.32. The second-order valence-corrected chi connectivity index (χ2v) is 7.12. The molecule has 0 spiro atoms. The molecule has 5 nitrogen and oxygen atoms in total. The Morgan fingerprint density at radius 1 is 0.792 bits per heavy atom. The Morgan fingerprint density at radius 2 is 1.50 bits per heavy atom. The van der Waals surface area contributed by atoms with Gasteiger partial charge in [0.15, 0.2) is 5.82 Å². The number of hydrogen-bond acceptors (Lipinski definition) is 4. The van der Waals surface area contributed by atoms with Crippen LogP contribution in [0.1, 0.15) is 0 Å². The van der Waals surface area contributed by atoms with Gasteiger partial charge in [-0.15, -0.1) is 9.19 Å². The van der Waals surface area contributed by atoms with Gasteiger partial charge in [0, 0.05) is 5.56 Å². The fourth-order valence-corrected chi connectivity index (χ4v) is 3.61. The number of benzene rings is 3. The van der Waals surface area contributed by atoms with Crippen LogP contribution in [-0.2, 0) is 10.0 Å². The Labute approximate surface area is 139 Å². The summed E-state index contributed by atoms with van der Waals surface area (Å²) in [5.41, 5.74) is 0.768. The van der Waals surface area contributed by atoms with Gasteiger partial charge in [-0.3, -0.25) is 0 Å². The highest BCUT2D eigenvalue weighted by atomic mass is 32.2. The Kier molecular flexibility index (Phi) is 3.39. The monoisotopic (exact) mass is 335 g/mol. The molecule has 6 heteroatoms. The van der Waals surface area contributed by atoms with E-state index in [1.54, 1.807) is 18.2 Å². The summed E-state index contributed by atoms with van der Waals surface area (Å²) in [5.74, 6) is 0.375. The largest absolute Gasteiger partial charge is 0.284 e. The summed E-state index contributed by atoms with van der Waals surface area (Å²) in [4.78, 5) is 4.30. The molecular weight excluding hydrogens is 322 g/mol. The molecule has 0 radical (unpaired) electrons. The number of hydrogen-bond donors (Lipinski definition) is 0. The standard InChI is InChI=1S/C18H13N3O2S/c22-24(23,17-11-10-14-6-4-5-9-16(14)12-17)21-13-19-18(20-21)15-7-2-1-3-8-15/h1-13H. The van der Waals surface area contributed by atoms with Gasteiger partial charge in [-0.25, -0.2) is 4.98 Å². The Bertz CT molecular complexity index is 1120. The highest BCUT2D eigenvalue weighted by Crippen LogP contribution is 2.21. The summed E-state index contributed by atoms with van der Waals surface area (Å²) in [6.45, 7) is 0. The molecule has 4 aromatic rings. The van der Waals surface area contributed by atoms with Crippen LogP contribution in [0.3, 0.4) is 0 Å². The third kappa shape index (κ3) is 2.47. The molecule has 3 aromatic carbocycles. The van der Waals surface area contributed by atoms with Gasteiger partial charge in [-0.05, 0) is 22.9 Å². The molecule has 0 atom stereocenters. The van der Waals surface area contributed by atoms with E-state index in [1.165, 1.54) is 6.33 Å². The molecule has 4 rings (SSSR count). The zero-order valence-electron chi connectivity index (χ0n) is 12.6. The maximum Gasteiger partial charge on any atom is 0.284 e. The van der Waals surface area contributed by atoms with Gasteiger partial charge in [0.05, 0.1) is 4.90 Å². The molecule has 0 bridgehead atoms. The first-order chi connectivity index (χ1) is 11.6. The third-order valence-corrected chi connectivity index (χ3v) is 5.29. The van der Waals surface area contributed by atoms with Crippen molar-refractivity contribution < 1.29 is 8.42 Å². The minimum absolute atomic E-state index is 0.186. The van der Waals surface area contributed by atoms with Gasteiger partial charge in [-0.2, -0.15) is 8.42 Å². The van der Waals surface area contributed by atoms with Crippen LogP contribution in [0.2, 0.25) is 0 Å². The van der Waals surface area contributed by atoms with Crippen LogP contribution in [0.15, 0.2) is 84.0 Å². The van der Waals surface area contributed by atoms with Crippen molar-refractivity contribution in [2.75, 3.05) is 0 Å². The van der Waals surface area contributed by atoms with E-state index in [0.717, 1.165) is 20.4 Å². The highest BCUT2D eigenvalue weighted by molar-refractivity contribution is 7.89. The van der Waals surface area contributed by atoms with E-state index in [9.17, 15) is 8.42 Å².